The summed E-state index contributed by atoms with van der Waals surface area (Å²) in [6.45, 7) is 1.45. The van der Waals surface area contributed by atoms with E-state index in [2.05, 4.69) is 27.2 Å². The van der Waals surface area contributed by atoms with Crippen molar-refractivity contribution in [1.82, 2.24) is 20.2 Å². The third-order valence-corrected chi connectivity index (χ3v) is 5.15. The van der Waals surface area contributed by atoms with Gasteiger partial charge >= 0.3 is 0 Å². The second-order valence-electron chi connectivity index (χ2n) is 6.70. The Hall–Kier alpha value is -1.99. The number of aromatic amines is 2. The molecular formula is C18H24N4O2S. The smallest absolute Gasteiger partial charge is 0.259 e. The average molecular weight is 360 g/mol. The van der Waals surface area contributed by atoms with Crippen LogP contribution in [0, 0.1) is 4.77 Å². The van der Waals surface area contributed by atoms with E-state index in [0.29, 0.717) is 29.1 Å². The van der Waals surface area contributed by atoms with Gasteiger partial charge in [0.25, 0.3) is 11.5 Å². The molecule has 7 heteroatoms. The molecule has 0 bridgehead atoms. The highest BCUT2D eigenvalue weighted by atomic mass is 32.1. The molecule has 0 atom stereocenters. The lowest BCUT2D eigenvalue weighted by Crippen LogP contribution is -2.39. The first-order chi connectivity index (χ1) is 12.0. The highest BCUT2D eigenvalue weighted by molar-refractivity contribution is 7.71. The number of nitrogens with one attached hydrogen (secondary N) is 3. The van der Waals surface area contributed by atoms with Gasteiger partial charge in [-0.25, -0.2) is 0 Å². The molecule has 0 unspecified atom stereocenters. The predicted molar refractivity (Wildman–Crippen MR) is 102 cm³/mol. The second kappa shape index (κ2) is 7.93. The van der Waals surface area contributed by atoms with Crippen molar-refractivity contribution >= 4 is 29.0 Å². The van der Waals surface area contributed by atoms with Gasteiger partial charge in [-0.05, 0) is 50.3 Å². The third kappa shape index (κ3) is 4.35. The van der Waals surface area contributed by atoms with Gasteiger partial charge in [-0.15, -0.1) is 0 Å². The number of H-pyrrole nitrogens is 2. The van der Waals surface area contributed by atoms with Crippen molar-refractivity contribution in [1.29, 1.82) is 0 Å². The van der Waals surface area contributed by atoms with Crippen LogP contribution in [0.1, 0.15) is 42.5 Å². The van der Waals surface area contributed by atoms with Crippen LogP contribution in [0.25, 0.3) is 10.9 Å². The van der Waals surface area contributed by atoms with E-state index in [1.54, 1.807) is 18.2 Å². The molecule has 0 aliphatic heterocycles. The third-order valence-electron chi connectivity index (χ3n) is 4.95. The minimum absolute atomic E-state index is 0.140. The molecule has 6 nitrogen and oxygen atoms in total. The highest BCUT2D eigenvalue weighted by Crippen LogP contribution is 2.21. The van der Waals surface area contributed by atoms with Gasteiger partial charge in [-0.2, -0.15) is 0 Å². The van der Waals surface area contributed by atoms with Crippen LogP contribution in [0.5, 0.6) is 0 Å². The Bertz CT molecular complexity index is 867. The van der Waals surface area contributed by atoms with E-state index in [-0.39, 0.29) is 16.2 Å². The van der Waals surface area contributed by atoms with Crippen LogP contribution in [0.4, 0.5) is 0 Å². The van der Waals surface area contributed by atoms with E-state index >= 15 is 0 Å². The fourth-order valence-corrected chi connectivity index (χ4v) is 3.67. The maximum Gasteiger partial charge on any atom is 0.259 e. The number of amides is 1. The van der Waals surface area contributed by atoms with E-state index in [4.69, 9.17) is 12.2 Å². The van der Waals surface area contributed by atoms with Gasteiger partial charge in [0.15, 0.2) is 4.77 Å². The number of nitrogens with zero attached hydrogens (tertiary/aromatic N) is 1. The molecule has 1 amide bonds. The van der Waals surface area contributed by atoms with Crippen LogP contribution in [-0.2, 0) is 0 Å². The lowest BCUT2D eigenvalue weighted by Gasteiger charge is -2.31. The summed E-state index contributed by atoms with van der Waals surface area (Å²) in [6.07, 6.45) is 6.46. The average Bonchev–Trinajstić information content (AvgIpc) is 2.61. The molecule has 1 aliphatic carbocycles. The first kappa shape index (κ1) is 17.8. The van der Waals surface area contributed by atoms with Crippen LogP contribution in [0.3, 0.4) is 0 Å². The lowest BCUT2D eigenvalue weighted by molar-refractivity contribution is 0.0944. The van der Waals surface area contributed by atoms with Gasteiger partial charge in [0, 0.05) is 24.7 Å². The van der Waals surface area contributed by atoms with Crippen LogP contribution in [-0.4, -0.2) is 47.0 Å². The van der Waals surface area contributed by atoms with E-state index < -0.39 is 0 Å². The monoisotopic (exact) mass is 360 g/mol. The van der Waals surface area contributed by atoms with Gasteiger partial charge in [0.05, 0.1) is 10.9 Å². The van der Waals surface area contributed by atoms with Crippen molar-refractivity contribution in [3.8, 4) is 0 Å². The van der Waals surface area contributed by atoms with Gasteiger partial charge in [0.1, 0.15) is 0 Å². The molecule has 1 aliphatic rings. The van der Waals surface area contributed by atoms with Crippen molar-refractivity contribution in [3.05, 3.63) is 38.9 Å². The number of hydrogen-bond donors (Lipinski definition) is 3. The van der Waals surface area contributed by atoms with Gasteiger partial charge in [-0.1, -0.05) is 19.3 Å². The minimum atomic E-state index is -0.250. The highest BCUT2D eigenvalue weighted by Gasteiger charge is 2.17. The molecule has 1 heterocycles. The fourth-order valence-electron chi connectivity index (χ4n) is 3.46. The maximum absolute atomic E-state index is 12.4. The van der Waals surface area contributed by atoms with Gasteiger partial charge in [0.2, 0.25) is 0 Å². The molecule has 25 heavy (non-hydrogen) atoms. The molecular weight excluding hydrogens is 336 g/mol. The van der Waals surface area contributed by atoms with Crippen molar-refractivity contribution in [2.75, 3.05) is 20.1 Å². The largest absolute Gasteiger partial charge is 0.351 e. The first-order valence-electron chi connectivity index (χ1n) is 8.79. The Morgan fingerprint density at radius 1 is 1.28 bits per heavy atom. The van der Waals surface area contributed by atoms with Crippen LogP contribution in [0.15, 0.2) is 23.0 Å². The summed E-state index contributed by atoms with van der Waals surface area (Å²) in [5.74, 6) is -0.140. The molecule has 1 aromatic heterocycles. The summed E-state index contributed by atoms with van der Waals surface area (Å²) in [4.78, 5) is 32.0. The maximum atomic E-state index is 12.4. The van der Waals surface area contributed by atoms with Crippen molar-refractivity contribution in [2.45, 2.75) is 38.1 Å². The summed E-state index contributed by atoms with van der Waals surface area (Å²) in [5, 5.41) is 3.44. The normalized spacial score (nSPS) is 15.6. The van der Waals surface area contributed by atoms with E-state index in [0.717, 1.165) is 6.54 Å². The molecule has 2 aromatic rings. The Balaban J connectivity index is 1.60. The Labute approximate surface area is 151 Å². The van der Waals surface area contributed by atoms with Crippen molar-refractivity contribution < 1.29 is 4.79 Å². The standard InChI is InChI=1S/C18H24N4O2S/c1-22(13-5-3-2-4-6-13)10-9-19-16(23)12-7-8-14-15(11-12)20-18(25)21-17(14)24/h7-8,11,13H,2-6,9-10H2,1H3,(H,19,23)(H2,20,21,24,25). The number of carbonyl (C=O) groups is 1. The Kier molecular flexibility index (Phi) is 5.65. The molecule has 1 fully saturated rings. The predicted octanol–water partition coefficient (Wildman–Crippen LogP) is 2.58. The quantitative estimate of drug-likeness (QED) is 0.716. The zero-order chi connectivity index (χ0) is 17.8. The van der Waals surface area contributed by atoms with E-state index in [9.17, 15) is 9.59 Å². The summed E-state index contributed by atoms with van der Waals surface area (Å²) in [6, 6.07) is 5.61. The number of likely N-dealkylation sites (N-methyl/N-ethyl adjacent to an activating group) is 1. The molecule has 0 radical (unpaired) electrons. The van der Waals surface area contributed by atoms with Crippen LogP contribution in [0.2, 0.25) is 0 Å². The summed E-state index contributed by atoms with van der Waals surface area (Å²) in [5.41, 5.74) is 0.838. The van der Waals surface area contributed by atoms with Crippen molar-refractivity contribution in [3.63, 3.8) is 0 Å². The number of aromatic nitrogens is 2. The van der Waals surface area contributed by atoms with E-state index in [1.807, 2.05) is 0 Å². The number of carbonyl (C=O) groups excluding carboxylic acids is 1. The zero-order valence-electron chi connectivity index (χ0n) is 14.4. The number of rotatable bonds is 5. The molecule has 1 aromatic carbocycles. The summed E-state index contributed by atoms with van der Waals surface area (Å²) in [7, 11) is 2.13. The summed E-state index contributed by atoms with van der Waals surface area (Å²) < 4.78 is 0.254. The second-order valence-corrected chi connectivity index (χ2v) is 7.11. The number of fused-ring (bicyclic) bond motifs is 1. The summed E-state index contributed by atoms with van der Waals surface area (Å²) >= 11 is 4.98. The van der Waals surface area contributed by atoms with E-state index in [1.165, 1.54) is 32.1 Å². The number of hydrogen-bond acceptors (Lipinski definition) is 4. The Morgan fingerprint density at radius 3 is 2.80 bits per heavy atom. The molecule has 3 rings (SSSR count). The number of benzene rings is 1. The first-order valence-corrected chi connectivity index (χ1v) is 9.20. The lowest BCUT2D eigenvalue weighted by atomic mass is 9.94. The molecule has 1 saturated carbocycles. The topological polar surface area (TPSA) is 81.0 Å². The molecule has 134 valence electrons. The van der Waals surface area contributed by atoms with Crippen LogP contribution < -0.4 is 10.9 Å². The Morgan fingerprint density at radius 2 is 2.04 bits per heavy atom. The van der Waals surface area contributed by atoms with Crippen LogP contribution >= 0.6 is 12.2 Å². The van der Waals surface area contributed by atoms with Gasteiger partial charge < -0.3 is 15.2 Å². The zero-order valence-corrected chi connectivity index (χ0v) is 15.2. The van der Waals surface area contributed by atoms with Gasteiger partial charge in [-0.3, -0.25) is 14.6 Å². The fraction of sp³-hybridized carbons (Fsp3) is 0.500. The molecule has 3 N–H and O–H groups in total. The molecule has 0 saturated heterocycles. The minimum Gasteiger partial charge on any atom is -0.351 e. The van der Waals surface area contributed by atoms with Crippen molar-refractivity contribution in [2.24, 2.45) is 0 Å². The molecule has 0 spiro atoms. The SMILES string of the molecule is CN(CCNC(=O)c1ccc2c(=O)[nH]c(=S)[nH]c2c1)C1CCCCC1.